The van der Waals surface area contributed by atoms with Crippen molar-refractivity contribution in [2.24, 2.45) is 0 Å². The van der Waals surface area contributed by atoms with Gasteiger partial charge in [0.2, 0.25) is 0 Å². The SMILES string of the molecule is CCN(C)C1(CC(=O)O)CNC1. The first-order chi connectivity index (χ1) is 5.60. The fourth-order valence-electron chi connectivity index (χ4n) is 1.56. The van der Waals surface area contributed by atoms with Crippen LogP contribution < -0.4 is 5.32 Å². The van der Waals surface area contributed by atoms with Crippen molar-refractivity contribution < 1.29 is 9.90 Å². The molecule has 12 heavy (non-hydrogen) atoms. The summed E-state index contributed by atoms with van der Waals surface area (Å²) in [6.45, 7) is 4.53. The Hall–Kier alpha value is -0.610. The van der Waals surface area contributed by atoms with Crippen molar-refractivity contribution in [3.63, 3.8) is 0 Å². The van der Waals surface area contributed by atoms with Crippen molar-refractivity contribution in [2.45, 2.75) is 18.9 Å². The van der Waals surface area contributed by atoms with E-state index >= 15 is 0 Å². The first-order valence-corrected chi connectivity index (χ1v) is 4.24. The zero-order valence-corrected chi connectivity index (χ0v) is 7.63. The van der Waals surface area contributed by atoms with Crippen molar-refractivity contribution in [1.82, 2.24) is 10.2 Å². The van der Waals surface area contributed by atoms with Crippen LogP contribution in [0.25, 0.3) is 0 Å². The Kier molecular flexibility index (Phi) is 2.69. The van der Waals surface area contributed by atoms with Gasteiger partial charge >= 0.3 is 5.97 Å². The number of rotatable bonds is 4. The predicted molar refractivity (Wildman–Crippen MR) is 46.2 cm³/mol. The lowest BCUT2D eigenvalue weighted by Crippen LogP contribution is -2.68. The number of hydrogen-bond acceptors (Lipinski definition) is 3. The molecule has 1 fully saturated rings. The molecule has 0 bridgehead atoms. The summed E-state index contributed by atoms with van der Waals surface area (Å²) in [6, 6.07) is 0. The molecule has 0 saturated carbocycles. The molecule has 0 aromatic rings. The van der Waals surface area contributed by atoms with Gasteiger partial charge in [-0.05, 0) is 13.6 Å². The summed E-state index contributed by atoms with van der Waals surface area (Å²) in [5.41, 5.74) is -0.124. The Morgan fingerprint density at radius 1 is 1.67 bits per heavy atom. The van der Waals surface area contributed by atoms with Gasteiger partial charge < -0.3 is 10.4 Å². The minimum Gasteiger partial charge on any atom is -0.481 e. The van der Waals surface area contributed by atoms with Gasteiger partial charge in [0.1, 0.15) is 0 Å². The summed E-state index contributed by atoms with van der Waals surface area (Å²) in [7, 11) is 1.98. The summed E-state index contributed by atoms with van der Waals surface area (Å²) in [5.74, 6) is -0.711. The van der Waals surface area contributed by atoms with Gasteiger partial charge in [-0.3, -0.25) is 9.69 Å². The molecule has 0 aromatic heterocycles. The van der Waals surface area contributed by atoms with E-state index in [1.54, 1.807) is 0 Å². The molecule has 1 aliphatic heterocycles. The van der Waals surface area contributed by atoms with Crippen molar-refractivity contribution >= 4 is 5.97 Å². The topological polar surface area (TPSA) is 52.6 Å². The van der Waals surface area contributed by atoms with Crippen molar-refractivity contribution in [3.8, 4) is 0 Å². The zero-order valence-electron chi connectivity index (χ0n) is 7.63. The molecule has 0 radical (unpaired) electrons. The average Bonchev–Trinajstić information content (AvgIpc) is 1.95. The van der Waals surface area contributed by atoms with E-state index in [1.807, 2.05) is 14.0 Å². The van der Waals surface area contributed by atoms with E-state index in [0.717, 1.165) is 19.6 Å². The van der Waals surface area contributed by atoms with E-state index in [-0.39, 0.29) is 12.0 Å². The van der Waals surface area contributed by atoms with Crippen LogP contribution in [-0.2, 0) is 4.79 Å². The molecule has 70 valence electrons. The third-order valence-corrected chi connectivity index (χ3v) is 2.67. The molecule has 4 nitrogen and oxygen atoms in total. The molecule has 2 N–H and O–H groups in total. The molecule has 0 unspecified atom stereocenters. The van der Waals surface area contributed by atoms with E-state index in [4.69, 9.17) is 5.11 Å². The van der Waals surface area contributed by atoms with E-state index in [2.05, 4.69) is 10.2 Å². The highest BCUT2D eigenvalue weighted by atomic mass is 16.4. The molecule has 1 saturated heterocycles. The molecule has 0 amide bonds. The second-order valence-corrected chi connectivity index (χ2v) is 3.41. The molecular weight excluding hydrogens is 156 g/mol. The van der Waals surface area contributed by atoms with E-state index < -0.39 is 5.97 Å². The first-order valence-electron chi connectivity index (χ1n) is 4.24. The summed E-state index contributed by atoms with van der Waals surface area (Å²) < 4.78 is 0. The summed E-state index contributed by atoms with van der Waals surface area (Å²) in [6.07, 6.45) is 0.240. The van der Waals surface area contributed by atoms with Crippen LogP contribution in [0.15, 0.2) is 0 Å². The molecule has 1 aliphatic rings. The quantitative estimate of drug-likeness (QED) is 0.614. The van der Waals surface area contributed by atoms with Gasteiger partial charge in [0.05, 0.1) is 12.0 Å². The molecular formula is C8H16N2O2. The van der Waals surface area contributed by atoms with Crippen LogP contribution in [0.5, 0.6) is 0 Å². The van der Waals surface area contributed by atoms with Crippen LogP contribution in [0.1, 0.15) is 13.3 Å². The van der Waals surface area contributed by atoms with Crippen LogP contribution in [0.4, 0.5) is 0 Å². The van der Waals surface area contributed by atoms with E-state index in [9.17, 15) is 4.79 Å². The maximum atomic E-state index is 10.6. The Bertz CT molecular complexity index is 178. The van der Waals surface area contributed by atoms with Crippen molar-refractivity contribution in [1.29, 1.82) is 0 Å². The molecule has 0 aliphatic carbocycles. The number of likely N-dealkylation sites (N-methyl/N-ethyl adjacent to an activating group) is 1. The van der Waals surface area contributed by atoms with Crippen LogP contribution in [0, 0.1) is 0 Å². The van der Waals surface area contributed by atoms with E-state index in [0.29, 0.717) is 0 Å². The molecule has 4 heteroatoms. The number of hydrogen-bond donors (Lipinski definition) is 2. The zero-order chi connectivity index (χ0) is 9.19. The van der Waals surface area contributed by atoms with Crippen molar-refractivity contribution in [3.05, 3.63) is 0 Å². The number of nitrogens with zero attached hydrogens (tertiary/aromatic N) is 1. The number of carboxylic acids is 1. The minimum absolute atomic E-state index is 0.124. The Morgan fingerprint density at radius 3 is 2.50 bits per heavy atom. The van der Waals surface area contributed by atoms with Gasteiger partial charge in [-0.2, -0.15) is 0 Å². The highest BCUT2D eigenvalue weighted by Crippen LogP contribution is 2.22. The minimum atomic E-state index is -0.711. The van der Waals surface area contributed by atoms with Gasteiger partial charge in [-0.1, -0.05) is 6.92 Å². The highest BCUT2D eigenvalue weighted by Gasteiger charge is 2.41. The fourth-order valence-corrected chi connectivity index (χ4v) is 1.56. The van der Waals surface area contributed by atoms with Gasteiger partial charge in [0, 0.05) is 13.1 Å². The lowest BCUT2D eigenvalue weighted by atomic mass is 9.87. The smallest absolute Gasteiger partial charge is 0.305 e. The fraction of sp³-hybridized carbons (Fsp3) is 0.875. The predicted octanol–water partition coefficient (Wildman–Crippen LogP) is -0.245. The Morgan fingerprint density at radius 2 is 2.25 bits per heavy atom. The maximum Gasteiger partial charge on any atom is 0.305 e. The standard InChI is InChI=1S/C8H16N2O2/c1-3-10(2)8(4-7(11)12)5-9-6-8/h9H,3-6H2,1-2H3,(H,11,12). The second-order valence-electron chi connectivity index (χ2n) is 3.41. The van der Waals surface area contributed by atoms with Crippen LogP contribution in [-0.4, -0.2) is 48.2 Å². The van der Waals surface area contributed by atoms with E-state index in [1.165, 1.54) is 0 Å². The second kappa shape index (κ2) is 3.41. The molecule has 0 atom stereocenters. The molecule has 0 spiro atoms. The number of nitrogens with one attached hydrogen (secondary N) is 1. The largest absolute Gasteiger partial charge is 0.481 e. The summed E-state index contributed by atoms with van der Waals surface area (Å²) in [5, 5.41) is 11.8. The van der Waals surface area contributed by atoms with Crippen LogP contribution in [0.2, 0.25) is 0 Å². The van der Waals surface area contributed by atoms with Gasteiger partial charge in [0.25, 0.3) is 0 Å². The highest BCUT2D eigenvalue weighted by molar-refractivity contribution is 5.68. The van der Waals surface area contributed by atoms with Gasteiger partial charge in [-0.25, -0.2) is 0 Å². The van der Waals surface area contributed by atoms with Crippen LogP contribution >= 0.6 is 0 Å². The monoisotopic (exact) mass is 172 g/mol. The summed E-state index contributed by atoms with van der Waals surface area (Å²) in [4.78, 5) is 12.7. The number of aliphatic carboxylic acids is 1. The molecule has 1 rings (SSSR count). The van der Waals surface area contributed by atoms with Gasteiger partial charge in [-0.15, -0.1) is 0 Å². The normalized spacial score (nSPS) is 20.6. The molecule has 1 heterocycles. The average molecular weight is 172 g/mol. The van der Waals surface area contributed by atoms with Crippen LogP contribution in [0.3, 0.4) is 0 Å². The van der Waals surface area contributed by atoms with Gasteiger partial charge in [0.15, 0.2) is 0 Å². The Balaban J connectivity index is 2.56. The third-order valence-electron chi connectivity index (χ3n) is 2.67. The number of carboxylic acid groups (broad SMARTS) is 1. The Labute approximate surface area is 72.6 Å². The van der Waals surface area contributed by atoms with Crippen molar-refractivity contribution in [2.75, 3.05) is 26.7 Å². The lowest BCUT2D eigenvalue weighted by molar-refractivity contribution is -0.141. The first kappa shape index (κ1) is 9.48. The third kappa shape index (κ3) is 1.59. The number of carbonyl (C=O) groups is 1. The summed E-state index contributed by atoms with van der Waals surface area (Å²) >= 11 is 0. The molecule has 0 aromatic carbocycles. The maximum absolute atomic E-state index is 10.6. The lowest BCUT2D eigenvalue weighted by Gasteiger charge is -2.48.